The zero-order chi connectivity index (χ0) is 16.0. The minimum atomic E-state index is -3.70. The molecule has 0 saturated heterocycles. The summed E-state index contributed by atoms with van der Waals surface area (Å²) in [6, 6.07) is 4.03. The molecule has 0 aliphatic rings. The smallest absolute Gasteiger partial charge is 0.336 e. The molecule has 5 nitrogen and oxygen atoms in total. The van der Waals surface area contributed by atoms with Gasteiger partial charge in [0.25, 0.3) is 0 Å². The highest BCUT2D eigenvalue weighted by Crippen LogP contribution is 2.17. The monoisotopic (exact) mass is 331 g/mol. The average Bonchev–Trinajstić information content (AvgIpc) is 2.43. The van der Waals surface area contributed by atoms with Gasteiger partial charge in [0.15, 0.2) is 0 Å². The molecule has 2 N–H and O–H groups in total. The minimum Gasteiger partial charge on any atom is -0.478 e. The van der Waals surface area contributed by atoms with E-state index in [1.165, 1.54) is 12.1 Å². The largest absolute Gasteiger partial charge is 0.478 e. The molecule has 0 fully saturated rings. The van der Waals surface area contributed by atoms with Gasteiger partial charge in [-0.05, 0) is 36.8 Å². The lowest BCUT2D eigenvalue weighted by Crippen LogP contribution is -2.34. The number of benzene rings is 1. The highest BCUT2D eigenvalue weighted by Gasteiger charge is 2.20. The normalized spacial score (nSPS) is 13.1. The fourth-order valence-electron chi connectivity index (χ4n) is 1.89. The Hall–Kier alpha value is -1.05. The Morgan fingerprint density at radius 1 is 1.38 bits per heavy atom. The maximum Gasteiger partial charge on any atom is 0.336 e. The van der Waals surface area contributed by atoms with Crippen molar-refractivity contribution < 1.29 is 18.3 Å². The quantitative estimate of drug-likeness (QED) is 0.764. The fraction of sp³-hybridized carbons (Fsp3) is 0.500. The van der Waals surface area contributed by atoms with Gasteiger partial charge in [0.2, 0.25) is 10.0 Å². The lowest BCUT2D eigenvalue weighted by atomic mass is 10.1. The topological polar surface area (TPSA) is 83.5 Å². The van der Waals surface area contributed by atoms with Gasteiger partial charge in [0.1, 0.15) is 0 Å². The summed E-state index contributed by atoms with van der Waals surface area (Å²) < 4.78 is 27.1. The Balaban J connectivity index is 3.03. The molecular formula is C14H21NO4S2. The van der Waals surface area contributed by atoms with Crippen LogP contribution >= 0.6 is 11.8 Å². The number of aromatic carboxylic acids is 1. The number of carboxylic acids is 1. The summed E-state index contributed by atoms with van der Waals surface area (Å²) in [7, 11) is -3.70. The first-order chi connectivity index (χ1) is 9.81. The number of sulfonamides is 1. The van der Waals surface area contributed by atoms with E-state index >= 15 is 0 Å². The van der Waals surface area contributed by atoms with E-state index in [0.717, 1.165) is 5.75 Å². The molecule has 0 aliphatic carbocycles. The maximum atomic E-state index is 12.3. The molecule has 1 unspecified atom stereocenters. The SMILES string of the molecule is CCSCC(C)NS(=O)(=O)c1ccc(CC)c(C(=O)O)c1. The Bertz CT molecular complexity index is 599. The first-order valence-corrected chi connectivity index (χ1v) is 9.41. The first-order valence-electron chi connectivity index (χ1n) is 6.78. The maximum absolute atomic E-state index is 12.3. The third kappa shape index (κ3) is 5.01. The predicted octanol–water partition coefficient (Wildman–Crippen LogP) is 2.37. The third-order valence-corrected chi connectivity index (χ3v) is 5.66. The Morgan fingerprint density at radius 3 is 2.57 bits per heavy atom. The first kappa shape index (κ1) is 18.0. The molecule has 0 saturated carbocycles. The van der Waals surface area contributed by atoms with Crippen LogP contribution in [0.15, 0.2) is 23.1 Å². The summed E-state index contributed by atoms with van der Waals surface area (Å²) in [6.07, 6.45) is 0.541. The van der Waals surface area contributed by atoms with Crippen LogP contribution in [0.4, 0.5) is 0 Å². The van der Waals surface area contributed by atoms with Crippen molar-refractivity contribution in [2.75, 3.05) is 11.5 Å². The Kier molecular flexibility index (Phi) is 6.70. The molecule has 118 valence electrons. The molecule has 1 atom stereocenters. The molecule has 1 rings (SSSR count). The van der Waals surface area contributed by atoms with Crippen molar-refractivity contribution >= 4 is 27.8 Å². The molecule has 0 amide bonds. The van der Waals surface area contributed by atoms with E-state index in [4.69, 9.17) is 5.11 Å². The summed E-state index contributed by atoms with van der Waals surface area (Å²) in [5.41, 5.74) is 0.659. The number of carbonyl (C=O) groups is 1. The van der Waals surface area contributed by atoms with Crippen molar-refractivity contribution in [3.8, 4) is 0 Å². The standard InChI is InChI=1S/C14H21NO4S2/c1-4-11-6-7-12(8-13(11)14(16)17)21(18,19)15-10(3)9-20-5-2/h6-8,10,15H,4-5,9H2,1-3H3,(H,16,17). The number of nitrogens with one attached hydrogen (secondary N) is 1. The van der Waals surface area contributed by atoms with E-state index in [9.17, 15) is 13.2 Å². The molecule has 21 heavy (non-hydrogen) atoms. The van der Waals surface area contributed by atoms with Gasteiger partial charge in [-0.15, -0.1) is 0 Å². The number of hydrogen-bond donors (Lipinski definition) is 2. The van der Waals surface area contributed by atoms with Crippen LogP contribution in [0.2, 0.25) is 0 Å². The third-order valence-electron chi connectivity index (χ3n) is 2.93. The van der Waals surface area contributed by atoms with E-state index in [1.807, 2.05) is 13.8 Å². The van der Waals surface area contributed by atoms with Crippen LogP contribution in [0, 0.1) is 0 Å². The van der Waals surface area contributed by atoms with Gasteiger partial charge in [-0.3, -0.25) is 0 Å². The number of aryl methyl sites for hydroxylation is 1. The van der Waals surface area contributed by atoms with Crippen LogP contribution in [0.1, 0.15) is 36.7 Å². The van der Waals surface area contributed by atoms with E-state index in [2.05, 4.69) is 4.72 Å². The van der Waals surface area contributed by atoms with Crippen LogP contribution in [0.5, 0.6) is 0 Å². The lowest BCUT2D eigenvalue weighted by molar-refractivity contribution is 0.0695. The second-order valence-electron chi connectivity index (χ2n) is 4.66. The molecule has 1 aromatic rings. The van der Waals surface area contributed by atoms with Crippen molar-refractivity contribution in [1.29, 1.82) is 0 Å². The summed E-state index contributed by atoms with van der Waals surface area (Å²) in [5.74, 6) is 0.480. The molecule has 1 aromatic carbocycles. The molecule has 0 spiro atoms. The summed E-state index contributed by atoms with van der Waals surface area (Å²) in [6.45, 7) is 5.63. The number of carboxylic acid groups (broad SMARTS) is 1. The summed E-state index contributed by atoms with van der Waals surface area (Å²) in [4.78, 5) is 11.2. The van der Waals surface area contributed by atoms with Crippen LogP contribution in [-0.2, 0) is 16.4 Å². The molecular weight excluding hydrogens is 310 g/mol. The minimum absolute atomic E-state index is 0.00884. The van der Waals surface area contributed by atoms with Gasteiger partial charge in [0, 0.05) is 11.8 Å². The summed E-state index contributed by atoms with van der Waals surface area (Å²) >= 11 is 1.65. The predicted molar refractivity (Wildman–Crippen MR) is 85.6 cm³/mol. The van der Waals surface area contributed by atoms with E-state index < -0.39 is 16.0 Å². The van der Waals surface area contributed by atoms with Gasteiger partial charge >= 0.3 is 5.97 Å². The van der Waals surface area contributed by atoms with E-state index in [0.29, 0.717) is 17.7 Å². The van der Waals surface area contributed by atoms with Gasteiger partial charge in [0.05, 0.1) is 10.5 Å². The van der Waals surface area contributed by atoms with E-state index in [1.54, 1.807) is 24.8 Å². The summed E-state index contributed by atoms with van der Waals surface area (Å²) in [5, 5.41) is 9.17. The van der Waals surface area contributed by atoms with Gasteiger partial charge in [-0.25, -0.2) is 17.9 Å². The number of hydrogen-bond acceptors (Lipinski definition) is 4. The van der Waals surface area contributed by atoms with Crippen LogP contribution < -0.4 is 4.72 Å². The lowest BCUT2D eigenvalue weighted by Gasteiger charge is -2.14. The van der Waals surface area contributed by atoms with Gasteiger partial charge < -0.3 is 5.11 Å². The molecule has 0 aliphatic heterocycles. The van der Waals surface area contributed by atoms with Gasteiger partial charge in [-0.1, -0.05) is 19.9 Å². The number of rotatable bonds is 8. The Morgan fingerprint density at radius 2 is 2.05 bits per heavy atom. The van der Waals surface area contributed by atoms with Crippen molar-refractivity contribution in [1.82, 2.24) is 4.72 Å². The zero-order valence-electron chi connectivity index (χ0n) is 12.4. The van der Waals surface area contributed by atoms with Crippen molar-refractivity contribution in [2.45, 2.75) is 38.1 Å². The van der Waals surface area contributed by atoms with Crippen molar-refractivity contribution in [3.63, 3.8) is 0 Å². The van der Waals surface area contributed by atoms with Crippen molar-refractivity contribution in [3.05, 3.63) is 29.3 Å². The molecule has 7 heteroatoms. The second kappa shape index (κ2) is 7.82. The molecule has 0 heterocycles. The van der Waals surface area contributed by atoms with Crippen LogP contribution in [0.25, 0.3) is 0 Å². The van der Waals surface area contributed by atoms with Gasteiger partial charge in [-0.2, -0.15) is 11.8 Å². The van der Waals surface area contributed by atoms with Crippen molar-refractivity contribution in [2.24, 2.45) is 0 Å². The Labute approximate surface area is 130 Å². The molecule has 0 aromatic heterocycles. The zero-order valence-corrected chi connectivity index (χ0v) is 14.1. The fourth-order valence-corrected chi connectivity index (χ4v) is 3.94. The highest BCUT2D eigenvalue weighted by atomic mass is 32.2. The van der Waals surface area contributed by atoms with E-state index in [-0.39, 0.29) is 16.5 Å². The van der Waals surface area contributed by atoms with Crippen LogP contribution in [-0.4, -0.2) is 37.0 Å². The molecule has 0 radical (unpaired) electrons. The average molecular weight is 331 g/mol. The highest BCUT2D eigenvalue weighted by molar-refractivity contribution is 7.99. The second-order valence-corrected chi connectivity index (χ2v) is 7.69. The molecule has 0 bridgehead atoms. The number of thioether (sulfide) groups is 1. The van der Waals surface area contributed by atoms with Crippen LogP contribution in [0.3, 0.4) is 0 Å².